The standard InChI is InChI=1S/C13H17BrN2O/c1-17-9-4-2-3-8-16-13-7-5-6-12(14)11(13)10-15/h5-7,16H,2-4,8-9H2,1H3. The number of nitrogens with one attached hydrogen (secondary N) is 1. The van der Waals surface area contributed by atoms with Gasteiger partial charge in [0, 0.05) is 24.7 Å². The number of halogens is 1. The van der Waals surface area contributed by atoms with E-state index in [1.807, 2.05) is 18.2 Å². The number of nitriles is 1. The summed E-state index contributed by atoms with van der Waals surface area (Å²) in [7, 11) is 1.72. The molecule has 1 rings (SSSR count). The fourth-order valence-electron chi connectivity index (χ4n) is 1.56. The van der Waals surface area contributed by atoms with Crippen LogP contribution >= 0.6 is 15.9 Å². The lowest BCUT2D eigenvalue weighted by Gasteiger charge is -2.08. The SMILES string of the molecule is COCCCCCNc1cccc(Br)c1C#N. The van der Waals surface area contributed by atoms with Crippen LogP contribution in [0.4, 0.5) is 5.69 Å². The first-order valence-electron chi connectivity index (χ1n) is 5.71. The summed E-state index contributed by atoms with van der Waals surface area (Å²) in [5, 5.41) is 12.3. The predicted octanol–water partition coefficient (Wildman–Crippen LogP) is 3.55. The van der Waals surface area contributed by atoms with Crippen LogP contribution in [-0.4, -0.2) is 20.3 Å². The van der Waals surface area contributed by atoms with Gasteiger partial charge in [-0.2, -0.15) is 5.26 Å². The van der Waals surface area contributed by atoms with Crippen molar-refractivity contribution in [3.05, 3.63) is 28.2 Å². The molecule has 0 unspecified atom stereocenters. The second kappa shape index (κ2) is 8.10. The molecule has 0 aliphatic rings. The van der Waals surface area contributed by atoms with E-state index in [4.69, 9.17) is 10.00 Å². The Hall–Kier alpha value is -1.05. The summed E-state index contributed by atoms with van der Waals surface area (Å²) in [5.74, 6) is 0. The summed E-state index contributed by atoms with van der Waals surface area (Å²) in [6.45, 7) is 1.70. The molecule has 0 atom stereocenters. The number of ether oxygens (including phenoxy) is 1. The number of rotatable bonds is 7. The highest BCUT2D eigenvalue weighted by Gasteiger charge is 2.04. The summed E-state index contributed by atoms with van der Waals surface area (Å²) in [6.07, 6.45) is 3.30. The van der Waals surface area contributed by atoms with Crippen LogP contribution in [0.3, 0.4) is 0 Å². The first-order chi connectivity index (χ1) is 8.29. The molecule has 0 bridgehead atoms. The van der Waals surface area contributed by atoms with Gasteiger partial charge < -0.3 is 10.1 Å². The van der Waals surface area contributed by atoms with E-state index < -0.39 is 0 Å². The third-order valence-corrected chi connectivity index (χ3v) is 3.13. The summed E-state index contributed by atoms with van der Waals surface area (Å²) >= 11 is 3.37. The summed E-state index contributed by atoms with van der Waals surface area (Å²) in [4.78, 5) is 0. The molecule has 0 spiro atoms. The average molecular weight is 297 g/mol. The molecule has 4 heteroatoms. The van der Waals surface area contributed by atoms with Crippen LogP contribution in [0.5, 0.6) is 0 Å². The van der Waals surface area contributed by atoms with Gasteiger partial charge >= 0.3 is 0 Å². The van der Waals surface area contributed by atoms with Gasteiger partial charge in [-0.3, -0.25) is 0 Å². The van der Waals surface area contributed by atoms with Crippen LogP contribution in [0, 0.1) is 11.3 Å². The van der Waals surface area contributed by atoms with E-state index in [1.165, 1.54) is 0 Å². The van der Waals surface area contributed by atoms with Gasteiger partial charge in [0.15, 0.2) is 0 Å². The molecule has 0 fully saturated rings. The van der Waals surface area contributed by atoms with Crippen LogP contribution in [0.2, 0.25) is 0 Å². The van der Waals surface area contributed by atoms with E-state index in [1.54, 1.807) is 7.11 Å². The van der Waals surface area contributed by atoms with Gasteiger partial charge in [0.25, 0.3) is 0 Å². The molecule has 0 saturated carbocycles. The van der Waals surface area contributed by atoms with Crippen molar-refractivity contribution >= 4 is 21.6 Å². The minimum atomic E-state index is 0.671. The lowest BCUT2D eigenvalue weighted by Crippen LogP contribution is -2.04. The van der Waals surface area contributed by atoms with Gasteiger partial charge in [0.1, 0.15) is 6.07 Å². The molecule has 17 heavy (non-hydrogen) atoms. The van der Waals surface area contributed by atoms with Crippen LogP contribution in [0.1, 0.15) is 24.8 Å². The third-order valence-electron chi connectivity index (χ3n) is 2.47. The van der Waals surface area contributed by atoms with Gasteiger partial charge in [0.05, 0.1) is 11.3 Å². The molecule has 0 radical (unpaired) electrons. The first kappa shape index (κ1) is 14.0. The lowest BCUT2D eigenvalue weighted by atomic mass is 10.2. The Morgan fingerprint density at radius 3 is 2.88 bits per heavy atom. The highest BCUT2D eigenvalue weighted by atomic mass is 79.9. The highest BCUT2D eigenvalue weighted by Crippen LogP contribution is 2.23. The van der Waals surface area contributed by atoms with Crippen LogP contribution in [-0.2, 0) is 4.74 Å². The number of hydrogen-bond donors (Lipinski definition) is 1. The van der Waals surface area contributed by atoms with Crippen molar-refractivity contribution in [1.29, 1.82) is 5.26 Å². The Kier molecular flexibility index (Phi) is 6.68. The predicted molar refractivity (Wildman–Crippen MR) is 73.1 cm³/mol. The molecule has 0 amide bonds. The fraction of sp³-hybridized carbons (Fsp3) is 0.462. The molecule has 0 saturated heterocycles. The minimum Gasteiger partial charge on any atom is -0.385 e. The number of methoxy groups -OCH3 is 1. The quantitative estimate of drug-likeness (QED) is 0.783. The Bertz CT molecular complexity index is 387. The molecule has 0 aliphatic heterocycles. The molecule has 0 heterocycles. The molecule has 1 aromatic carbocycles. The Morgan fingerprint density at radius 2 is 2.18 bits per heavy atom. The molecular weight excluding hydrogens is 280 g/mol. The smallest absolute Gasteiger partial charge is 0.103 e. The van der Waals surface area contributed by atoms with E-state index in [0.717, 1.165) is 42.6 Å². The molecular formula is C13H17BrN2O. The Balaban J connectivity index is 2.37. The highest BCUT2D eigenvalue weighted by molar-refractivity contribution is 9.10. The first-order valence-corrected chi connectivity index (χ1v) is 6.50. The number of anilines is 1. The number of nitrogens with zero attached hydrogens (tertiary/aromatic N) is 1. The largest absolute Gasteiger partial charge is 0.385 e. The van der Waals surface area contributed by atoms with Crippen molar-refractivity contribution in [2.45, 2.75) is 19.3 Å². The zero-order valence-electron chi connectivity index (χ0n) is 10.0. The number of benzene rings is 1. The molecule has 92 valence electrons. The van der Waals surface area contributed by atoms with Gasteiger partial charge in [-0.25, -0.2) is 0 Å². The van der Waals surface area contributed by atoms with Crippen LogP contribution in [0.15, 0.2) is 22.7 Å². The van der Waals surface area contributed by atoms with Gasteiger partial charge in [0.2, 0.25) is 0 Å². The fourth-order valence-corrected chi connectivity index (χ4v) is 2.01. The van der Waals surface area contributed by atoms with Crippen molar-refractivity contribution in [1.82, 2.24) is 0 Å². The minimum absolute atomic E-state index is 0.671. The molecule has 1 N–H and O–H groups in total. The normalized spacial score (nSPS) is 9.94. The molecule has 0 aliphatic carbocycles. The van der Waals surface area contributed by atoms with Gasteiger partial charge in [-0.05, 0) is 47.3 Å². The third kappa shape index (κ3) is 4.76. The van der Waals surface area contributed by atoms with Gasteiger partial charge in [-0.1, -0.05) is 6.07 Å². The average Bonchev–Trinajstić information content (AvgIpc) is 2.34. The summed E-state index contributed by atoms with van der Waals surface area (Å²) in [6, 6.07) is 7.93. The van der Waals surface area contributed by atoms with Crippen molar-refractivity contribution in [2.24, 2.45) is 0 Å². The Labute approximate surface area is 111 Å². The topological polar surface area (TPSA) is 45.0 Å². The maximum Gasteiger partial charge on any atom is 0.103 e. The Morgan fingerprint density at radius 1 is 1.35 bits per heavy atom. The summed E-state index contributed by atoms with van der Waals surface area (Å²) < 4.78 is 5.83. The lowest BCUT2D eigenvalue weighted by molar-refractivity contribution is 0.192. The summed E-state index contributed by atoms with van der Waals surface area (Å²) in [5.41, 5.74) is 1.57. The van der Waals surface area contributed by atoms with E-state index in [2.05, 4.69) is 27.3 Å². The molecule has 1 aromatic rings. The van der Waals surface area contributed by atoms with E-state index in [0.29, 0.717) is 5.56 Å². The number of hydrogen-bond acceptors (Lipinski definition) is 3. The second-order valence-electron chi connectivity index (χ2n) is 3.75. The van der Waals surface area contributed by atoms with Crippen molar-refractivity contribution in [3.8, 4) is 6.07 Å². The van der Waals surface area contributed by atoms with Crippen molar-refractivity contribution < 1.29 is 4.74 Å². The van der Waals surface area contributed by atoms with Crippen LogP contribution < -0.4 is 5.32 Å². The zero-order chi connectivity index (χ0) is 12.5. The second-order valence-corrected chi connectivity index (χ2v) is 4.61. The molecule has 3 nitrogen and oxygen atoms in total. The van der Waals surface area contributed by atoms with Crippen molar-refractivity contribution in [3.63, 3.8) is 0 Å². The maximum absolute atomic E-state index is 9.04. The van der Waals surface area contributed by atoms with Crippen LogP contribution in [0.25, 0.3) is 0 Å². The zero-order valence-corrected chi connectivity index (χ0v) is 11.6. The van der Waals surface area contributed by atoms with Gasteiger partial charge in [-0.15, -0.1) is 0 Å². The maximum atomic E-state index is 9.04. The van der Waals surface area contributed by atoms with E-state index >= 15 is 0 Å². The van der Waals surface area contributed by atoms with E-state index in [-0.39, 0.29) is 0 Å². The number of unbranched alkanes of at least 4 members (excludes halogenated alkanes) is 2. The monoisotopic (exact) mass is 296 g/mol. The molecule has 0 aromatic heterocycles. The van der Waals surface area contributed by atoms with Crippen molar-refractivity contribution in [2.75, 3.05) is 25.6 Å². The van der Waals surface area contributed by atoms with E-state index in [9.17, 15) is 0 Å².